The quantitative estimate of drug-likeness (QED) is 0.861. The largest absolute Gasteiger partial charge is 0.392 e. The fourth-order valence-electron chi connectivity index (χ4n) is 2.59. The number of likely N-dealkylation sites (tertiary alicyclic amines) is 1. The molecule has 2 heterocycles. The van der Waals surface area contributed by atoms with Gasteiger partial charge in [0.05, 0.1) is 12.6 Å². The van der Waals surface area contributed by atoms with Crippen molar-refractivity contribution in [3.8, 4) is 0 Å². The Morgan fingerprint density at radius 2 is 2.26 bits per heavy atom. The van der Waals surface area contributed by atoms with Gasteiger partial charge < -0.3 is 10.0 Å². The van der Waals surface area contributed by atoms with Gasteiger partial charge in [0, 0.05) is 31.5 Å². The molecule has 0 radical (unpaired) electrons. The molecule has 1 N–H and O–H groups in total. The predicted molar refractivity (Wildman–Crippen MR) is 66.9 cm³/mol. The van der Waals surface area contributed by atoms with Crippen molar-refractivity contribution in [2.45, 2.75) is 31.7 Å². The van der Waals surface area contributed by atoms with Gasteiger partial charge in [-0.25, -0.2) is 4.98 Å². The SMILES string of the molecule is CN(C)CC1CC(O)CN1Cc1nccn1C(F)F. The molecular weight excluding hydrogens is 254 g/mol. The van der Waals surface area contributed by atoms with E-state index in [1.807, 2.05) is 23.9 Å². The number of alkyl halides is 2. The average molecular weight is 274 g/mol. The number of hydrogen-bond acceptors (Lipinski definition) is 4. The average Bonchev–Trinajstić information content (AvgIpc) is 2.86. The summed E-state index contributed by atoms with van der Waals surface area (Å²) in [6.07, 6.45) is 2.95. The molecule has 19 heavy (non-hydrogen) atoms. The smallest absolute Gasteiger partial charge is 0.319 e. The van der Waals surface area contributed by atoms with Gasteiger partial charge in [0.15, 0.2) is 0 Å². The van der Waals surface area contributed by atoms with E-state index in [1.165, 1.54) is 12.4 Å². The normalized spacial score (nSPS) is 24.8. The van der Waals surface area contributed by atoms with E-state index in [-0.39, 0.29) is 12.1 Å². The van der Waals surface area contributed by atoms with Crippen molar-refractivity contribution in [1.29, 1.82) is 0 Å². The third kappa shape index (κ3) is 3.49. The Bertz CT molecular complexity index is 410. The summed E-state index contributed by atoms with van der Waals surface area (Å²) in [6, 6.07) is 0.174. The van der Waals surface area contributed by atoms with Crippen molar-refractivity contribution < 1.29 is 13.9 Å². The zero-order valence-corrected chi connectivity index (χ0v) is 11.2. The number of halogens is 2. The molecule has 0 bridgehead atoms. The summed E-state index contributed by atoms with van der Waals surface area (Å²) < 4.78 is 26.4. The Balaban J connectivity index is 2.06. The lowest BCUT2D eigenvalue weighted by atomic mass is 10.2. The molecule has 1 aromatic rings. The monoisotopic (exact) mass is 274 g/mol. The molecule has 0 amide bonds. The van der Waals surface area contributed by atoms with Crippen molar-refractivity contribution in [3.63, 3.8) is 0 Å². The summed E-state index contributed by atoms with van der Waals surface area (Å²) in [5.41, 5.74) is 0. The lowest BCUT2D eigenvalue weighted by Gasteiger charge is -2.26. The predicted octanol–water partition coefficient (Wildman–Crippen LogP) is 0.775. The van der Waals surface area contributed by atoms with Gasteiger partial charge in [-0.05, 0) is 20.5 Å². The fraction of sp³-hybridized carbons (Fsp3) is 0.750. The maximum absolute atomic E-state index is 12.8. The van der Waals surface area contributed by atoms with Crippen molar-refractivity contribution in [2.75, 3.05) is 27.2 Å². The number of nitrogens with zero attached hydrogens (tertiary/aromatic N) is 4. The third-order valence-electron chi connectivity index (χ3n) is 3.39. The molecule has 0 aliphatic carbocycles. The Labute approximate surface area is 111 Å². The van der Waals surface area contributed by atoms with Gasteiger partial charge in [0.2, 0.25) is 0 Å². The molecule has 2 rings (SSSR count). The number of aliphatic hydroxyl groups excluding tert-OH is 1. The van der Waals surface area contributed by atoms with Crippen LogP contribution in [0.3, 0.4) is 0 Å². The van der Waals surface area contributed by atoms with Crippen molar-refractivity contribution in [2.24, 2.45) is 0 Å². The molecule has 1 aliphatic heterocycles. The first-order valence-electron chi connectivity index (χ1n) is 6.34. The summed E-state index contributed by atoms with van der Waals surface area (Å²) in [5.74, 6) is 0.341. The second kappa shape index (κ2) is 5.94. The summed E-state index contributed by atoms with van der Waals surface area (Å²) in [5, 5.41) is 9.75. The van der Waals surface area contributed by atoms with Gasteiger partial charge >= 0.3 is 6.55 Å². The van der Waals surface area contributed by atoms with E-state index < -0.39 is 6.55 Å². The highest BCUT2D eigenvalue weighted by molar-refractivity contribution is 4.96. The molecular formula is C12H20F2N4O. The number of likely N-dealkylation sites (N-methyl/N-ethyl adjacent to an activating group) is 1. The maximum atomic E-state index is 12.8. The maximum Gasteiger partial charge on any atom is 0.319 e. The highest BCUT2D eigenvalue weighted by Gasteiger charge is 2.32. The van der Waals surface area contributed by atoms with E-state index in [0.717, 1.165) is 11.1 Å². The molecule has 1 fully saturated rings. The molecule has 0 saturated carbocycles. The summed E-state index contributed by atoms with van der Waals surface area (Å²) in [7, 11) is 3.92. The minimum Gasteiger partial charge on any atom is -0.392 e. The molecule has 7 heteroatoms. The minimum absolute atomic E-state index is 0.174. The number of hydrogen-bond donors (Lipinski definition) is 1. The number of imidazole rings is 1. The molecule has 2 unspecified atom stereocenters. The van der Waals surface area contributed by atoms with Crippen LogP contribution in [0.15, 0.2) is 12.4 Å². The van der Waals surface area contributed by atoms with Gasteiger partial charge in [0.25, 0.3) is 0 Å². The van der Waals surface area contributed by atoms with Gasteiger partial charge in [-0.15, -0.1) is 0 Å². The summed E-state index contributed by atoms with van der Waals surface area (Å²) in [4.78, 5) is 8.04. The lowest BCUT2D eigenvalue weighted by molar-refractivity contribution is 0.0626. The molecule has 0 spiro atoms. The second-order valence-corrected chi connectivity index (χ2v) is 5.26. The van der Waals surface area contributed by atoms with Crippen LogP contribution in [-0.2, 0) is 6.54 Å². The van der Waals surface area contributed by atoms with E-state index >= 15 is 0 Å². The molecule has 5 nitrogen and oxygen atoms in total. The zero-order valence-electron chi connectivity index (χ0n) is 11.2. The van der Waals surface area contributed by atoms with Crippen molar-refractivity contribution in [3.05, 3.63) is 18.2 Å². The zero-order chi connectivity index (χ0) is 14.0. The highest BCUT2D eigenvalue weighted by atomic mass is 19.3. The van der Waals surface area contributed by atoms with Crippen LogP contribution in [-0.4, -0.2) is 63.8 Å². The van der Waals surface area contributed by atoms with Gasteiger partial charge in [-0.1, -0.05) is 0 Å². The van der Waals surface area contributed by atoms with Gasteiger partial charge in [0.1, 0.15) is 5.82 Å². The highest BCUT2D eigenvalue weighted by Crippen LogP contribution is 2.22. The topological polar surface area (TPSA) is 44.5 Å². The number of aromatic nitrogens is 2. The third-order valence-corrected chi connectivity index (χ3v) is 3.39. The minimum atomic E-state index is -2.57. The summed E-state index contributed by atoms with van der Waals surface area (Å²) in [6.45, 7) is -0.925. The first-order chi connectivity index (χ1) is 8.97. The van der Waals surface area contributed by atoms with Crippen molar-refractivity contribution >= 4 is 0 Å². The molecule has 108 valence electrons. The number of β-amino-alcohol motifs (C(OH)–C–C–N with tert-alkyl or cyclic N) is 1. The summed E-state index contributed by atoms with van der Waals surface area (Å²) >= 11 is 0. The first-order valence-corrected chi connectivity index (χ1v) is 6.34. The number of aliphatic hydroxyl groups is 1. The standard InChI is InChI=1S/C12H20F2N4O/c1-16(2)6-9-5-10(19)7-17(9)8-11-15-3-4-18(11)12(13)14/h3-4,9-10,12,19H,5-8H2,1-2H3. The van der Waals surface area contributed by atoms with Crippen LogP contribution in [0.5, 0.6) is 0 Å². The number of rotatable bonds is 5. The van der Waals surface area contributed by atoms with E-state index in [2.05, 4.69) is 4.98 Å². The van der Waals surface area contributed by atoms with Crippen LogP contribution in [0.25, 0.3) is 0 Å². The van der Waals surface area contributed by atoms with Crippen molar-refractivity contribution in [1.82, 2.24) is 19.4 Å². The van der Waals surface area contributed by atoms with E-state index in [4.69, 9.17) is 0 Å². The Morgan fingerprint density at radius 1 is 1.53 bits per heavy atom. The van der Waals surface area contributed by atoms with Gasteiger partial charge in [-0.2, -0.15) is 8.78 Å². The van der Waals surface area contributed by atoms with Crippen LogP contribution < -0.4 is 0 Å². The molecule has 2 atom stereocenters. The van der Waals surface area contributed by atoms with E-state index in [1.54, 1.807) is 0 Å². The molecule has 0 aromatic carbocycles. The second-order valence-electron chi connectivity index (χ2n) is 5.26. The molecule has 1 aliphatic rings. The van der Waals surface area contributed by atoms with E-state index in [9.17, 15) is 13.9 Å². The fourth-order valence-corrected chi connectivity index (χ4v) is 2.59. The van der Waals surface area contributed by atoms with Crippen LogP contribution in [0, 0.1) is 0 Å². The lowest BCUT2D eigenvalue weighted by Crippen LogP contribution is -2.37. The van der Waals surface area contributed by atoms with Crippen LogP contribution in [0.1, 0.15) is 18.8 Å². The molecule has 1 saturated heterocycles. The van der Waals surface area contributed by atoms with Crippen LogP contribution in [0.4, 0.5) is 8.78 Å². The molecule has 1 aromatic heterocycles. The Kier molecular flexibility index (Phi) is 4.49. The Hall–Kier alpha value is -1.05. The van der Waals surface area contributed by atoms with E-state index in [0.29, 0.717) is 25.3 Å². The van der Waals surface area contributed by atoms with Gasteiger partial charge in [-0.3, -0.25) is 9.47 Å². The first kappa shape index (κ1) is 14.4. The Morgan fingerprint density at radius 3 is 2.89 bits per heavy atom. The van der Waals surface area contributed by atoms with Crippen LogP contribution >= 0.6 is 0 Å². The van der Waals surface area contributed by atoms with Crippen LogP contribution in [0.2, 0.25) is 0 Å².